The Bertz CT molecular complexity index is 473. The number of hydrogen-bond donors (Lipinski definition) is 2. The van der Waals surface area contributed by atoms with Gasteiger partial charge in [0.25, 0.3) is 0 Å². The number of benzene rings is 1. The number of aliphatic hydroxyl groups is 1. The lowest BCUT2D eigenvalue weighted by molar-refractivity contribution is 0.101. The summed E-state index contributed by atoms with van der Waals surface area (Å²) in [5.41, 5.74) is 7.93. The number of aliphatic hydroxyl groups excluding tert-OH is 1. The Balaban J connectivity index is 2.21. The molecule has 3 N–H and O–H groups in total. The van der Waals surface area contributed by atoms with E-state index >= 15 is 0 Å². The normalized spacial score (nSPS) is 23.1. The Morgan fingerprint density at radius 3 is 2.63 bits per heavy atom. The van der Waals surface area contributed by atoms with Crippen molar-refractivity contribution >= 4 is 17.2 Å². The molecule has 2 atom stereocenters. The molecule has 0 radical (unpaired) electrons. The molecule has 1 fully saturated rings. The van der Waals surface area contributed by atoms with E-state index in [1.54, 1.807) is 6.07 Å². The lowest BCUT2D eigenvalue weighted by atomic mass is 9.91. The summed E-state index contributed by atoms with van der Waals surface area (Å²) in [5.74, 6) is -0.0237. The van der Waals surface area contributed by atoms with E-state index < -0.39 is 0 Å². The number of nitrogens with zero attached hydrogens (tertiary/aromatic N) is 1. The number of rotatable bonds is 3. The molecule has 0 heterocycles. The third-order valence-corrected chi connectivity index (χ3v) is 4.01. The smallest absolute Gasteiger partial charge is 0.161 e. The van der Waals surface area contributed by atoms with E-state index in [1.807, 2.05) is 19.2 Å². The molecule has 4 heteroatoms. The Labute approximate surface area is 114 Å². The molecule has 1 aliphatic carbocycles. The standard InChI is InChI=1S/C15H22N2O2/c1-10(18)12-8-7-11(9-13(12)16)17(2)14-5-3-4-6-15(14)19/h7-9,14-15,19H,3-6,16H2,1-2H3. The van der Waals surface area contributed by atoms with Gasteiger partial charge in [-0.15, -0.1) is 0 Å². The SMILES string of the molecule is CC(=O)c1ccc(N(C)C2CCCCC2O)cc1N. The fourth-order valence-corrected chi connectivity index (χ4v) is 2.83. The molecule has 2 unspecified atom stereocenters. The number of anilines is 2. The van der Waals surface area contributed by atoms with E-state index in [0.717, 1.165) is 31.4 Å². The molecular weight excluding hydrogens is 240 g/mol. The summed E-state index contributed by atoms with van der Waals surface area (Å²) < 4.78 is 0. The van der Waals surface area contributed by atoms with Crippen LogP contribution in [-0.4, -0.2) is 30.1 Å². The third-order valence-electron chi connectivity index (χ3n) is 4.01. The molecule has 0 amide bonds. The third kappa shape index (κ3) is 2.89. The summed E-state index contributed by atoms with van der Waals surface area (Å²) >= 11 is 0. The summed E-state index contributed by atoms with van der Waals surface area (Å²) in [4.78, 5) is 13.4. The maximum Gasteiger partial charge on any atom is 0.161 e. The second kappa shape index (κ2) is 5.61. The molecule has 0 bridgehead atoms. The van der Waals surface area contributed by atoms with Gasteiger partial charge in [0.05, 0.1) is 12.1 Å². The van der Waals surface area contributed by atoms with Crippen LogP contribution in [-0.2, 0) is 0 Å². The van der Waals surface area contributed by atoms with E-state index in [9.17, 15) is 9.90 Å². The number of likely N-dealkylation sites (N-methyl/N-ethyl adjacent to an activating group) is 1. The van der Waals surface area contributed by atoms with Gasteiger partial charge in [-0.1, -0.05) is 12.8 Å². The maximum atomic E-state index is 11.4. The fourth-order valence-electron chi connectivity index (χ4n) is 2.83. The van der Waals surface area contributed by atoms with E-state index in [4.69, 9.17) is 5.73 Å². The van der Waals surface area contributed by atoms with Crippen LogP contribution in [0.5, 0.6) is 0 Å². The van der Waals surface area contributed by atoms with E-state index in [-0.39, 0.29) is 17.9 Å². The van der Waals surface area contributed by atoms with Crippen molar-refractivity contribution < 1.29 is 9.90 Å². The van der Waals surface area contributed by atoms with E-state index in [1.165, 1.54) is 6.92 Å². The second-order valence-electron chi connectivity index (χ2n) is 5.36. The van der Waals surface area contributed by atoms with Gasteiger partial charge in [-0.05, 0) is 38.0 Å². The molecule has 1 aliphatic rings. The molecule has 4 nitrogen and oxygen atoms in total. The molecule has 1 aromatic rings. The molecular formula is C15H22N2O2. The number of carbonyl (C=O) groups excluding carboxylic acids is 1. The first-order valence-electron chi connectivity index (χ1n) is 6.82. The maximum absolute atomic E-state index is 11.4. The minimum Gasteiger partial charge on any atom is -0.398 e. The van der Waals surface area contributed by atoms with Crippen LogP contribution in [0.2, 0.25) is 0 Å². The lowest BCUT2D eigenvalue weighted by Crippen LogP contribution is -2.43. The Morgan fingerprint density at radius 2 is 2.05 bits per heavy atom. The summed E-state index contributed by atoms with van der Waals surface area (Å²) in [6.07, 6.45) is 3.80. The van der Waals surface area contributed by atoms with Crippen LogP contribution in [0.25, 0.3) is 0 Å². The van der Waals surface area contributed by atoms with Crippen LogP contribution in [0.3, 0.4) is 0 Å². The van der Waals surface area contributed by atoms with Crippen LogP contribution in [0.4, 0.5) is 11.4 Å². The van der Waals surface area contributed by atoms with Gasteiger partial charge < -0.3 is 15.7 Å². The number of Topliss-reactive ketones (excluding diaryl/α,β-unsaturated/α-hetero) is 1. The first kappa shape index (κ1) is 13.9. The highest BCUT2D eigenvalue weighted by atomic mass is 16.3. The highest BCUT2D eigenvalue weighted by Crippen LogP contribution is 2.28. The van der Waals surface area contributed by atoms with Gasteiger partial charge in [0.1, 0.15) is 0 Å². The van der Waals surface area contributed by atoms with Gasteiger partial charge in [-0.2, -0.15) is 0 Å². The average Bonchev–Trinajstić information content (AvgIpc) is 2.38. The minimum atomic E-state index is -0.285. The van der Waals surface area contributed by atoms with Crippen molar-refractivity contribution in [2.75, 3.05) is 17.7 Å². The van der Waals surface area contributed by atoms with Gasteiger partial charge in [0, 0.05) is 24.0 Å². The lowest BCUT2D eigenvalue weighted by Gasteiger charge is -2.36. The predicted octanol–water partition coefficient (Wildman–Crippen LogP) is 2.21. The van der Waals surface area contributed by atoms with Crippen molar-refractivity contribution in [3.8, 4) is 0 Å². The van der Waals surface area contributed by atoms with Gasteiger partial charge in [0.2, 0.25) is 0 Å². The van der Waals surface area contributed by atoms with Gasteiger partial charge >= 0.3 is 0 Å². The van der Waals surface area contributed by atoms with Crippen LogP contribution >= 0.6 is 0 Å². The molecule has 104 valence electrons. The molecule has 0 spiro atoms. The molecule has 2 rings (SSSR count). The van der Waals surface area contributed by atoms with Crippen LogP contribution in [0.15, 0.2) is 18.2 Å². The van der Waals surface area contributed by atoms with Crippen molar-refractivity contribution in [1.29, 1.82) is 0 Å². The quantitative estimate of drug-likeness (QED) is 0.647. The van der Waals surface area contributed by atoms with Gasteiger partial charge in [0.15, 0.2) is 5.78 Å². The number of nitrogens with two attached hydrogens (primary N) is 1. The molecule has 1 aromatic carbocycles. The predicted molar refractivity (Wildman–Crippen MR) is 77.5 cm³/mol. The fraction of sp³-hybridized carbons (Fsp3) is 0.533. The van der Waals surface area contributed by atoms with E-state index in [2.05, 4.69) is 4.90 Å². The summed E-state index contributed by atoms with van der Waals surface area (Å²) in [5, 5.41) is 10.1. The number of ketones is 1. The molecule has 1 saturated carbocycles. The zero-order valence-corrected chi connectivity index (χ0v) is 11.6. The number of hydrogen-bond acceptors (Lipinski definition) is 4. The zero-order valence-electron chi connectivity index (χ0n) is 11.6. The number of nitrogen functional groups attached to an aromatic ring is 1. The van der Waals surface area contributed by atoms with Gasteiger partial charge in [-0.25, -0.2) is 0 Å². The Morgan fingerprint density at radius 1 is 1.37 bits per heavy atom. The highest BCUT2D eigenvalue weighted by molar-refractivity contribution is 5.99. The molecule has 0 aromatic heterocycles. The minimum absolute atomic E-state index is 0.0237. The van der Waals surface area contributed by atoms with Crippen molar-refractivity contribution in [3.05, 3.63) is 23.8 Å². The van der Waals surface area contributed by atoms with Crippen molar-refractivity contribution in [2.24, 2.45) is 0 Å². The summed E-state index contributed by atoms with van der Waals surface area (Å²) in [7, 11) is 1.97. The van der Waals surface area contributed by atoms with E-state index in [0.29, 0.717) is 11.3 Å². The van der Waals surface area contributed by atoms with Crippen LogP contribution in [0.1, 0.15) is 43.0 Å². The summed E-state index contributed by atoms with van der Waals surface area (Å²) in [6.45, 7) is 1.51. The first-order chi connectivity index (χ1) is 9.00. The highest BCUT2D eigenvalue weighted by Gasteiger charge is 2.27. The van der Waals surface area contributed by atoms with Crippen LogP contribution < -0.4 is 10.6 Å². The Hall–Kier alpha value is -1.55. The van der Waals surface area contributed by atoms with Crippen molar-refractivity contribution in [1.82, 2.24) is 0 Å². The summed E-state index contributed by atoms with van der Waals surface area (Å²) in [6, 6.07) is 5.61. The second-order valence-corrected chi connectivity index (χ2v) is 5.36. The average molecular weight is 262 g/mol. The first-order valence-corrected chi connectivity index (χ1v) is 6.82. The van der Waals surface area contributed by atoms with Crippen LogP contribution in [0, 0.1) is 0 Å². The van der Waals surface area contributed by atoms with Crippen molar-refractivity contribution in [3.63, 3.8) is 0 Å². The monoisotopic (exact) mass is 262 g/mol. The van der Waals surface area contributed by atoms with Crippen molar-refractivity contribution in [2.45, 2.75) is 44.8 Å². The molecule has 0 aliphatic heterocycles. The molecule has 19 heavy (non-hydrogen) atoms. The topological polar surface area (TPSA) is 66.6 Å². The largest absolute Gasteiger partial charge is 0.398 e. The Kier molecular flexibility index (Phi) is 4.10. The van der Waals surface area contributed by atoms with Gasteiger partial charge in [-0.3, -0.25) is 4.79 Å². The zero-order chi connectivity index (χ0) is 14.0. The molecule has 0 saturated heterocycles. The number of carbonyl (C=O) groups is 1.